The summed E-state index contributed by atoms with van der Waals surface area (Å²) in [5.41, 5.74) is 1.55. The van der Waals surface area contributed by atoms with E-state index in [1.165, 1.54) is 7.11 Å². The number of hydrogen-bond acceptors (Lipinski definition) is 3. The van der Waals surface area contributed by atoms with Gasteiger partial charge in [-0.1, -0.05) is 6.07 Å². The third kappa shape index (κ3) is 1.95. The number of Topliss-reactive ketones (excluding diaryl/α,β-unsaturated/α-hetero) is 1. The highest BCUT2D eigenvalue weighted by atomic mass is 16.5. The maximum Gasteiger partial charge on any atom is 0.191 e. The molecule has 0 saturated heterocycles. The molecule has 0 fully saturated rings. The van der Waals surface area contributed by atoms with Gasteiger partial charge in [0.25, 0.3) is 0 Å². The first-order valence-electron chi connectivity index (χ1n) is 5.14. The van der Waals surface area contributed by atoms with Crippen LogP contribution in [0.2, 0.25) is 0 Å². The van der Waals surface area contributed by atoms with Gasteiger partial charge in [0.2, 0.25) is 0 Å². The number of ether oxygens (including phenoxy) is 1. The maximum atomic E-state index is 11.9. The molecule has 0 saturated carbocycles. The van der Waals surface area contributed by atoms with Gasteiger partial charge in [0.1, 0.15) is 6.10 Å². The summed E-state index contributed by atoms with van der Waals surface area (Å²) in [7, 11) is 1.53. The number of nitrogens with zero attached hydrogens (tertiary/aromatic N) is 1. The van der Waals surface area contributed by atoms with Crippen LogP contribution in [0.1, 0.15) is 17.3 Å². The topological polar surface area (TPSA) is 39.2 Å². The number of pyridine rings is 1. The summed E-state index contributed by atoms with van der Waals surface area (Å²) in [5, 5.41) is 0.969. The number of fused-ring (bicyclic) bond motifs is 1. The zero-order valence-corrected chi connectivity index (χ0v) is 9.31. The average Bonchev–Trinajstić information content (AvgIpc) is 2.36. The second-order valence-corrected chi connectivity index (χ2v) is 3.65. The van der Waals surface area contributed by atoms with E-state index in [-0.39, 0.29) is 5.78 Å². The second-order valence-electron chi connectivity index (χ2n) is 3.65. The van der Waals surface area contributed by atoms with Gasteiger partial charge < -0.3 is 4.74 Å². The highest BCUT2D eigenvalue weighted by molar-refractivity contribution is 6.01. The summed E-state index contributed by atoms with van der Waals surface area (Å²) in [5.74, 6) is -0.00625. The molecule has 0 bridgehead atoms. The monoisotopic (exact) mass is 215 g/mol. The summed E-state index contributed by atoms with van der Waals surface area (Å²) < 4.78 is 5.01. The van der Waals surface area contributed by atoms with Crippen molar-refractivity contribution in [1.82, 2.24) is 4.98 Å². The van der Waals surface area contributed by atoms with E-state index in [1.807, 2.05) is 24.3 Å². The maximum absolute atomic E-state index is 11.9. The number of methoxy groups -OCH3 is 1. The van der Waals surface area contributed by atoms with Crippen LogP contribution in [0.25, 0.3) is 10.9 Å². The number of aromatic nitrogens is 1. The van der Waals surface area contributed by atoms with Crippen molar-refractivity contribution in [3.63, 3.8) is 0 Å². The van der Waals surface area contributed by atoms with Crippen LogP contribution in [0.15, 0.2) is 36.5 Å². The number of hydrogen-bond donors (Lipinski definition) is 0. The zero-order valence-electron chi connectivity index (χ0n) is 9.31. The molecule has 0 N–H and O–H groups in total. The molecule has 1 heterocycles. The van der Waals surface area contributed by atoms with E-state index in [9.17, 15) is 4.79 Å². The molecule has 0 spiro atoms. The Morgan fingerprint density at radius 3 is 2.94 bits per heavy atom. The first-order valence-corrected chi connectivity index (χ1v) is 5.14. The number of ketones is 1. The molecule has 3 nitrogen and oxygen atoms in total. The predicted octanol–water partition coefficient (Wildman–Crippen LogP) is 2.45. The lowest BCUT2D eigenvalue weighted by Crippen LogP contribution is -2.18. The summed E-state index contributed by atoms with van der Waals surface area (Å²) in [6.07, 6.45) is 1.33. The minimum absolute atomic E-state index is 0.00625. The Bertz CT molecular complexity index is 522. The zero-order chi connectivity index (χ0) is 11.5. The predicted molar refractivity (Wildman–Crippen MR) is 62.5 cm³/mol. The molecule has 16 heavy (non-hydrogen) atoms. The van der Waals surface area contributed by atoms with Crippen LogP contribution in [0.3, 0.4) is 0 Å². The summed E-state index contributed by atoms with van der Waals surface area (Å²) >= 11 is 0. The van der Waals surface area contributed by atoms with Gasteiger partial charge in [-0.15, -0.1) is 0 Å². The second kappa shape index (κ2) is 4.41. The van der Waals surface area contributed by atoms with Crippen LogP contribution in [0.5, 0.6) is 0 Å². The van der Waals surface area contributed by atoms with Gasteiger partial charge in [-0.2, -0.15) is 0 Å². The lowest BCUT2D eigenvalue weighted by atomic mass is 10.0. The summed E-state index contributed by atoms with van der Waals surface area (Å²) in [4.78, 5) is 16.1. The van der Waals surface area contributed by atoms with Crippen molar-refractivity contribution in [3.05, 3.63) is 42.1 Å². The Labute approximate surface area is 94.1 Å². The van der Waals surface area contributed by atoms with E-state index < -0.39 is 6.10 Å². The van der Waals surface area contributed by atoms with Crippen molar-refractivity contribution in [1.29, 1.82) is 0 Å². The van der Waals surface area contributed by atoms with Crippen molar-refractivity contribution in [2.45, 2.75) is 13.0 Å². The molecule has 0 amide bonds. The molecule has 1 atom stereocenters. The first kappa shape index (κ1) is 10.8. The largest absolute Gasteiger partial charge is 0.374 e. The Kier molecular flexibility index (Phi) is 2.97. The van der Waals surface area contributed by atoms with Crippen molar-refractivity contribution < 1.29 is 9.53 Å². The van der Waals surface area contributed by atoms with E-state index in [0.717, 1.165) is 10.9 Å². The Morgan fingerprint density at radius 2 is 2.19 bits per heavy atom. The van der Waals surface area contributed by atoms with Crippen LogP contribution in [-0.4, -0.2) is 24.0 Å². The van der Waals surface area contributed by atoms with E-state index in [4.69, 9.17) is 4.74 Å². The molecule has 0 radical (unpaired) electrons. The number of carbonyl (C=O) groups excluding carboxylic acids is 1. The molecular weight excluding hydrogens is 202 g/mol. The van der Waals surface area contributed by atoms with Crippen molar-refractivity contribution in [2.24, 2.45) is 0 Å². The SMILES string of the molecule is COC(C)C(=O)c1ccc2ncccc2c1. The van der Waals surface area contributed by atoms with Gasteiger partial charge in [0.05, 0.1) is 5.52 Å². The molecule has 1 unspecified atom stereocenters. The Hall–Kier alpha value is -1.74. The molecule has 0 aliphatic heterocycles. The fourth-order valence-corrected chi connectivity index (χ4v) is 1.57. The van der Waals surface area contributed by atoms with Crippen molar-refractivity contribution in [2.75, 3.05) is 7.11 Å². The van der Waals surface area contributed by atoms with Gasteiger partial charge in [-0.05, 0) is 31.2 Å². The average molecular weight is 215 g/mol. The molecule has 1 aromatic carbocycles. The molecule has 0 aliphatic rings. The van der Waals surface area contributed by atoms with E-state index in [1.54, 1.807) is 19.2 Å². The van der Waals surface area contributed by atoms with Gasteiger partial charge in [0, 0.05) is 24.3 Å². The van der Waals surface area contributed by atoms with Crippen LogP contribution in [0, 0.1) is 0 Å². The number of carbonyl (C=O) groups is 1. The molecule has 0 aliphatic carbocycles. The van der Waals surface area contributed by atoms with Crippen molar-refractivity contribution >= 4 is 16.7 Å². The fourth-order valence-electron chi connectivity index (χ4n) is 1.57. The number of rotatable bonds is 3. The normalized spacial score (nSPS) is 12.6. The molecule has 2 rings (SSSR count). The van der Waals surface area contributed by atoms with Crippen molar-refractivity contribution in [3.8, 4) is 0 Å². The molecule has 82 valence electrons. The van der Waals surface area contributed by atoms with Crippen LogP contribution in [-0.2, 0) is 4.74 Å². The highest BCUT2D eigenvalue weighted by Crippen LogP contribution is 2.15. The van der Waals surface area contributed by atoms with Gasteiger partial charge in [0.15, 0.2) is 5.78 Å². The smallest absolute Gasteiger partial charge is 0.191 e. The molecule has 3 heteroatoms. The van der Waals surface area contributed by atoms with E-state index in [0.29, 0.717) is 5.56 Å². The third-order valence-corrected chi connectivity index (χ3v) is 2.61. The lowest BCUT2D eigenvalue weighted by molar-refractivity contribution is 0.0656. The fraction of sp³-hybridized carbons (Fsp3) is 0.231. The number of benzene rings is 1. The van der Waals surface area contributed by atoms with E-state index in [2.05, 4.69) is 4.98 Å². The van der Waals surface area contributed by atoms with Gasteiger partial charge in [-0.3, -0.25) is 9.78 Å². The van der Waals surface area contributed by atoms with Crippen LogP contribution in [0.4, 0.5) is 0 Å². The lowest BCUT2D eigenvalue weighted by Gasteiger charge is -2.08. The van der Waals surface area contributed by atoms with E-state index >= 15 is 0 Å². The standard InChI is InChI=1S/C13H13NO2/c1-9(16-2)13(15)11-5-6-12-10(8-11)4-3-7-14-12/h3-9H,1-2H3. The molecular formula is C13H13NO2. The quantitative estimate of drug-likeness (QED) is 0.738. The summed E-state index contributed by atoms with van der Waals surface area (Å²) in [6.45, 7) is 1.75. The Balaban J connectivity index is 2.43. The third-order valence-electron chi connectivity index (χ3n) is 2.61. The summed E-state index contributed by atoms with van der Waals surface area (Å²) in [6, 6.07) is 9.28. The van der Waals surface area contributed by atoms with Crippen LogP contribution < -0.4 is 0 Å². The molecule has 2 aromatic rings. The first-order chi connectivity index (χ1) is 7.72. The Morgan fingerprint density at radius 1 is 1.38 bits per heavy atom. The van der Waals surface area contributed by atoms with Crippen LogP contribution >= 0.6 is 0 Å². The minimum Gasteiger partial charge on any atom is -0.374 e. The minimum atomic E-state index is -0.408. The molecule has 1 aromatic heterocycles. The van der Waals surface area contributed by atoms with Gasteiger partial charge >= 0.3 is 0 Å². The van der Waals surface area contributed by atoms with Gasteiger partial charge in [-0.25, -0.2) is 0 Å². The highest BCUT2D eigenvalue weighted by Gasteiger charge is 2.14.